The SMILES string of the molecule is CCNC(=NCc1cccc(OC)c1)NC1CCN(c2cc(OC)cc(OC)c2)CC1.I. The van der Waals surface area contributed by atoms with E-state index in [-0.39, 0.29) is 24.0 Å². The predicted molar refractivity (Wildman–Crippen MR) is 141 cm³/mol. The van der Waals surface area contributed by atoms with Crippen molar-refractivity contribution in [2.45, 2.75) is 32.4 Å². The van der Waals surface area contributed by atoms with Crippen LogP contribution in [0.2, 0.25) is 0 Å². The van der Waals surface area contributed by atoms with E-state index in [9.17, 15) is 0 Å². The first-order valence-corrected chi connectivity index (χ1v) is 10.8. The third-order valence-electron chi connectivity index (χ3n) is 5.44. The normalized spacial score (nSPS) is 14.4. The monoisotopic (exact) mass is 554 g/mol. The third-order valence-corrected chi connectivity index (χ3v) is 5.44. The molecule has 1 saturated heterocycles. The van der Waals surface area contributed by atoms with Crippen molar-refractivity contribution in [2.75, 3.05) is 45.9 Å². The minimum absolute atomic E-state index is 0. The van der Waals surface area contributed by atoms with E-state index < -0.39 is 0 Å². The van der Waals surface area contributed by atoms with Gasteiger partial charge in [0.15, 0.2) is 5.96 Å². The minimum atomic E-state index is 0. The number of methoxy groups -OCH3 is 3. The number of hydrogen-bond acceptors (Lipinski definition) is 5. The molecule has 7 nitrogen and oxygen atoms in total. The molecule has 32 heavy (non-hydrogen) atoms. The van der Waals surface area contributed by atoms with Crippen LogP contribution in [0.3, 0.4) is 0 Å². The minimum Gasteiger partial charge on any atom is -0.497 e. The lowest BCUT2D eigenvalue weighted by Crippen LogP contribution is -2.48. The van der Waals surface area contributed by atoms with Gasteiger partial charge in [-0.3, -0.25) is 0 Å². The highest BCUT2D eigenvalue weighted by atomic mass is 127. The van der Waals surface area contributed by atoms with Gasteiger partial charge in [-0.15, -0.1) is 24.0 Å². The zero-order valence-electron chi connectivity index (χ0n) is 19.4. The molecule has 0 aromatic heterocycles. The van der Waals surface area contributed by atoms with Crippen molar-refractivity contribution < 1.29 is 14.2 Å². The molecule has 1 aliphatic rings. The first-order valence-electron chi connectivity index (χ1n) is 10.8. The van der Waals surface area contributed by atoms with E-state index in [1.54, 1.807) is 21.3 Å². The van der Waals surface area contributed by atoms with Gasteiger partial charge < -0.3 is 29.7 Å². The number of halogens is 1. The Bertz CT molecular complexity index is 848. The largest absolute Gasteiger partial charge is 0.497 e. The summed E-state index contributed by atoms with van der Waals surface area (Å²) in [4.78, 5) is 7.15. The lowest BCUT2D eigenvalue weighted by Gasteiger charge is -2.34. The highest BCUT2D eigenvalue weighted by molar-refractivity contribution is 14.0. The van der Waals surface area contributed by atoms with Crippen LogP contribution in [0.5, 0.6) is 17.2 Å². The molecule has 2 N–H and O–H groups in total. The number of nitrogens with zero attached hydrogens (tertiary/aromatic N) is 2. The Morgan fingerprint density at radius 2 is 1.62 bits per heavy atom. The molecule has 0 unspecified atom stereocenters. The Morgan fingerprint density at radius 3 is 2.22 bits per heavy atom. The number of rotatable bonds is 8. The van der Waals surface area contributed by atoms with Crippen LogP contribution in [0.15, 0.2) is 47.5 Å². The summed E-state index contributed by atoms with van der Waals surface area (Å²) < 4.78 is 16.1. The van der Waals surface area contributed by atoms with Gasteiger partial charge in [-0.05, 0) is 37.5 Å². The number of guanidine groups is 1. The van der Waals surface area contributed by atoms with Crippen molar-refractivity contribution in [3.63, 3.8) is 0 Å². The molecule has 1 aliphatic heterocycles. The van der Waals surface area contributed by atoms with Gasteiger partial charge in [-0.1, -0.05) is 12.1 Å². The highest BCUT2D eigenvalue weighted by Gasteiger charge is 2.21. The Labute approximate surface area is 208 Å². The van der Waals surface area contributed by atoms with E-state index in [2.05, 4.69) is 40.7 Å². The lowest BCUT2D eigenvalue weighted by molar-refractivity contribution is 0.393. The van der Waals surface area contributed by atoms with Crippen LogP contribution in [-0.2, 0) is 6.54 Å². The fraction of sp³-hybridized carbons (Fsp3) is 0.458. The molecule has 0 saturated carbocycles. The van der Waals surface area contributed by atoms with Crippen LogP contribution in [0.25, 0.3) is 0 Å². The molecule has 0 radical (unpaired) electrons. The van der Waals surface area contributed by atoms with Crippen molar-refractivity contribution in [3.8, 4) is 17.2 Å². The van der Waals surface area contributed by atoms with Crippen molar-refractivity contribution in [1.82, 2.24) is 10.6 Å². The summed E-state index contributed by atoms with van der Waals surface area (Å²) in [6, 6.07) is 14.4. The van der Waals surface area contributed by atoms with Crippen LogP contribution < -0.4 is 29.7 Å². The van der Waals surface area contributed by atoms with Crippen LogP contribution in [0, 0.1) is 0 Å². The second-order valence-electron chi connectivity index (χ2n) is 7.52. The van der Waals surface area contributed by atoms with Crippen LogP contribution in [0.1, 0.15) is 25.3 Å². The van der Waals surface area contributed by atoms with E-state index >= 15 is 0 Å². The lowest BCUT2D eigenvalue weighted by atomic mass is 10.0. The molecule has 0 atom stereocenters. The van der Waals surface area contributed by atoms with Crippen molar-refractivity contribution in [3.05, 3.63) is 48.0 Å². The van der Waals surface area contributed by atoms with Crippen molar-refractivity contribution in [2.24, 2.45) is 4.99 Å². The zero-order valence-corrected chi connectivity index (χ0v) is 21.7. The standard InChI is InChI=1S/C24H34N4O3.HI/c1-5-25-24(26-17-18-7-6-8-21(13-18)29-2)27-19-9-11-28(12-10-19)20-14-22(30-3)16-23(15-20)31-4;/h6-8,13-16,19H,5,9-12,17H2,1-4H3,(H2,25,26,27);1H. The smallest absolute Gasteiger partial charge is 0.191 e. The van der Waals surface area contributed by atoms with E-state index in [0.717, 1.165) is 66.9 Å². The van der Waals surface area contributed by atoms with E-state index in [4.69, 9.17) is 19.2 Å². The fourth-order valence-electron chi connectivity index (χ4n) is 3.71. The summed E-state index contributed by atoms with van der Waals surface area (Å²) in [6.07, 6.45) is 2.06. The Kier molecular flexibility index (Phi) is 10.7. The second kappa shape index (κ2) is 13.2. The van der Waals surface area contributed by atoms with Crippen LogP contribution in [-0.4, -0.2) is 53.0 Å². The van der Waals surface area contributed by atoms with Gasteiger partial charge in [0.2, 0.25) is 0 Å². The quantitative estimate of drug-likeness (QED) is 0.292. The molecule has 0 bridgehead atoms. The predicted octanol–water partition coefficient (Wildman–Crippen LogP) is 4.05. The van der Waals surface area contributed by atoms with E-state index in [1.165, 1.54) is 0 Å². The second-order valence-corrected chi connectivity index (χ2v) is 7.52. The van der Waals surface area contributed by atoms with Crippen molar-refractivity contribution >= 4 is 35.6 Å². The van der Waals surface area contributed by atoms with Gasteiger partial charge in [-0.25, -0.2) is 4.99 Å². The molecule has 0 amide bonds. The fourth-order valence-corrected chi connectivity index (χ4v) is 3.71. The highest BCUT2D eigenvalue weighted by Crippen LogP contribution is 2.30. The summed E-state index contributed by atoms with van der Waals surface area (Å²) >= 11 is 0. The number of benzene rings is 2. The molecule has 2 aromatic rings. The van der Waals surface area contributed by atoms with Gasteiger partial charge in [0.25, 0.3) is 0 Å². The first kappa shape index (κ1) is 25.9. The Morgan fingerprint density at radius 1 is 0.969 bits per heavy atom. The molecule has 8 heteroatoms. The molecule has 3 rings (SSSR count). The van der Waals surface area contributed by atoms with Crippen LogP contribution >= 0.6 is 24.0 Å². The summed E-state index contributed by atoms with van der Waals surface area (Å²) in [5.41, 5.74) is 2.26. The molecule has 2 aromatic carbocycles. The van der Waals surface area contributed by atoms with E-state index in [1.807, 2.05) is 24.3 Å². The number of anilines is 1. The van der Waals surface area contributed by atoms with Crippen LogP contribution in [0.4, 0.5) is 5.69 Å². The number of nitrogens with one attached hydrogen (secondary N) is 2. The summed E-state index contributed by atoms with van der Waals surface area (Å²) in [6.45, 7) is 5.44. The topological polar surface area (TPSA) is 67.4 Å². The molecule has 0 spiro atoms. The average molecular weight is 554 g/mol. The van der Waals surface area contributed by atoms with Gasteiger partial charge >= 0.3 is 0 Å². The van der Waals surface area contributed by atoms with Gasteiger partial charge in [0.1, 0.15) is 17.2 Å². The van der Waals surface area contributed by atoms with Gasteiger partial charge in [0.05, 0.1) is 27.9 Å². The molecule has 1 heterocycles. The Balaban J connectivity index is 0.00000363. The summed E-state index contributed by atoms with van der Waals surface area (Å²) in [5, 5.41) is 6.97. The number of aliphatic imine (C=N–C) groups is 1. The van der Waals surface area contributed by atoms with E-state index in [0.29, 0.717) is 12.6 Å². The van der Waals surface area contributed by atoms with Gasteiger partial charge in [-0.2, -0.15) is 0 Å². The first-order chi connectivity index (χ1) is 15.1. The summed E-state index contributed by atoms with van der Waals surface area (Å²) in [5.74, 6) is 3.33. The zero-order chi connectivity index (χ0) is 22.1. The van der Waals surface area contributed by atoms with Crippen molar-refractivity contribution in [1.29, 1.82) is 0 Å². The summed E-state index contributed by atoms with van der Waals surface area (Å²) in [7, 11) is 5.05. The molecule has 1 fully saturated rings. The molecular formula is C24H35IN4O3. The maximum absolute atomic E-state index is 5.42. The maximum atomic E-state index is 5.42. The number of ether oxygens (including phenoxy) is 3. The number of piperidine rings is 1. The third kappa shape index (κ3) is 7.36. The molecule has 176 valence electrons. The molecular weight excluding hydrogens is 519 g/mol. The maximum Gasteiger partial charge on any atom is 0.191 e. The number of hydrogen-bond donors (Lipinski definition) is 2. The van der Waals surface area contributed by atoms with Gasteiger partial charge in [0, 0.05) is 49.6 Å². The molecule has 0 aliphatic carbocycles. The average Bonchev–Trinajstić information content (AvgIpc) is 2.82. The Hall–Kier alpha value is -2.36.